The minimum Gasteiger partial charge on any atom is -0.396 e. The van der Waals surface area contributed by atoms with E-state index in [1.807, 2.05) is 0 Å². The monoisotopic (exact) mass is 294 g/mol. The van der Waals surface area contributed by atoms with E-state index >= 15 is 0 Å². The molecule has 1 rings (SSSR count). The van der Waals surface area contributed by atoms with Crippen LogP contribution >= 0.6 is 0 Å². The number of aliphatic hydroxyl groups is 1. The SMILES string of the molecule is CC(CO)C(C)NS(=O)(=O)c1ccc(F)c(N)c1F. The zero-order valence-corrected chi connectivity index (χ0v) is 11.3. The van der Waals surface area contributed by atoms with Gasteiger partial charge in [-0.05, 0) is 25.0 Å². The fourth-order valence-corrected chi connectivity index (χ4v) is 2.78. The summed E-state index contributed by atoms with van der Waals surface area (Å²) in [6, 6.07) is 0.980. The summed E-state index contributed by atoms with van der Waals surface area (Å²) in [7, 11) is -4.17. The third-order valence-electron chi connectivity index (χ3n) is 2.86. The van der Waals surface area contributed by atoms with Gasteiger partial charge in [-0.25, -0.2) is 21.9 Å². The van der Waals surface area contributed by atoms with Crippen LogP contribution in [0.25, 0.3) is 0 Å². The van der Waals surface area contributed by atoms with Crippen LogP contribution in [0, 0.1) is 17.6 Å². The maximum absolute atomic E-state index is 13.7. The maximum Gasteiger partial charge on any atom is 0.243 e. The van der Waals surface area contributed by atoms with Gasteiger partial charge in [-0.2, -0.15) is 0 Å². The Bertz CT molecular complexity index is 563. The average molecular weight is 294 g/mol. The number of anilines is 1. The van der Waals surface area contributed by atoms with E-state index in [9.17, 15) is 17.2 Å². The van der Waals surface area contributed by atoms with Gasteiger partial charge in [0.25, 0.3) is 0 Å². The molecule has 0 fully saturated rings. The summed E-state index contributed by atoms with van der Waals surface area (Å²) in [5.41, 5.74) is 4.27. The number of benzene rings is 1. The molecule has 19 heavy (non-hydrogen) atoms. The number of nitrogens with two attached hydrogens (primary N) is 1. The predicted molar refractivity (Wildman–Crippen MR) is 66.8 cm³/mol. The van der Waals surface area contributed by atoms with Gasteiger partial charge in [-0.1, -0.05) is 6.92 Å². The second-order valence-electron chi connectivity index (χ2n) is 4.34. The van der Waals surface area contributed by atoms with Crippen molar-refractivity contribution in [2.75, 3.05) is 12.3 Å². The molecule has 0 saturated carbocycles. The Morgan fingerprint density at radius 1 is 1.37 bits per heavy atom. The number of nitrogens with one attached hydrogen (secondary N) is 1. The van der Waals surface area contributed by atoms with Crippen molar-refractivity contribution in [3.05, 3.63) is 23.8 Å². The highest BCUT2D eigenvalue weighted by Gasteiger charge is 2.25. The second-order valence-corrected chi connectivity index (χ2v) is 6.03. The number of nitrogen functional groups attached to an aromatic ring is 1. The smallest absolute Gasteiger partial charge is 0.243 e. The van der Waals surface area contributed by atoms with E-state index in [1.54, 1.807) is 6.92 Å². The van der Waals surface area contributed by atoms with Gasteiger partial charge in [-0.15, -0.1) is 0 Å². The number of aliphatic hydroxyl groups excluding tert-OH is 1. The lowest BCUT2D eigenvalue weighted by molar-refractivity contribution is 0.216. The summed E-state index contributed by atoms with van der Waals surface area (Å²) >= 11 is 0. The van der Waals surface area contributed by atoms with E-state index in [4.69, 9.17) is 10.8 Å². The van der Waals surface area contributed by atoms with E-state index in [0.717, 1.165) is 12.1 Å². The molecule has 0 aliphatic carbocycles. The number of halogens is 2. The van der Waals surface area contributed by atoms with Crippen molar-refractivity contribution in [1.29, 1.82) is 0 Å². The van der Waals surface area contributed by atoms with Crippen LogP contribution in [0.4, 0.5) is 14.5 Å². The van der Waals surface area contributed by atoms with Gasteiger partial charge >= 0.3 is 0 Å². The first kappa shape index (κ1) is 15.8. The average Bonchev–Trinajstić information content (AvgIpc) is 2.33. The van der Waals surface area contributed by atoms with Gasteiger partial charge in [0.1, 0.15) is 16.4 Å². The summed E-state index contributed by atoms with van der Waals surface area (Å²) < 4.78 is 52.7. The topological polar surface area (TPSA) is 92.4 Å². The fourth-order valence-electron chi connectivity index (χ4n) is 1.34. The Balaban J connectivity index is 3.12. The van der Waals surface area contributed by atoms with Crippen molar-refractivity contribution < 1.29 is 22.3 Å². The molecule has 0 heterocycles. The van der Waals surface area contributed by atoms with Crippen LogP contribution < -0.4 is 10.5 Å². The van der Waals surface area contributed by atoms with E-state index < -0.39 is 38.3 Å². The Kier molecular flexibility index (Phi) is 4.83. The number of rotatable bonds is 5. The van der Waals surface area contributed by atoms with E-state index in [-0.39, 0.29) is 12.5 Å². The first-order valence-corrected chi connectivity index (χ1v) is 7.05. The third kappa shape index (κ3) is 3.40. The molecule has 0 saturated heterocycles. The Morgan fingerprint density at radius 3 is 2.47 bits per heavy atom. The molecular formula is C11H16F2N2O3S. The molecule has 0 spiro atoms. The van der Waals surface area contributed by atoms with Crippen LogP contribution in [0.1, 0.15) is 13.8 Å². The number of hydrogen-bond donors (Lipinski definition) is 3. The van der Waals surface area contributed by atoms with Crippen LogP contribution in [0.2, 0.25) is 0 Å². The first-order valence-electron chi connectivity index (χ1n) is 5.57. The van der Waals surface area contributed by atoms with E-state index in [1.165, 1.54) is 6.92 Å². The maximum atomic E-state index is 13.7. The number of hydrogen-bond acceptors (Lipinski definition) is 4. The summed E-state index contributed by atoms with van der Waals surface area (Å²) in [5.74, 6) is -2.69. The second kappa shape index (κ2) is 5.81. The first-order chi connectivity index (χ1) is 8.70. The summed E-state index contributed by atoms with van der Waals surface area (Å²) in [5, 5.41) is 8.93. The highest BCUT2D eigenvalue weighted by atomic mass is 32.2. The van der Waals surface area contributed by atoms with Crippen molar-refractivity contribution in [2.45, 2.75) is 24.8 Å². The zero-order valence-electron chi connectivity index (χ0n) is 10.5. The van der Waals surface area contributed by atoms with Gasteiger partial charge in [0.05, 0.1) is 0 Å². The Morgan fingerprint density at radius 2 is 1.95 bits per heavy atom. The molecule has 2 unspecified atom stereocenters. The molecule has 2 atom stereocenters. The fraction of sp³-hybridized carbons (Fsp3) is 0.455. The van der Waals surface area contributed by atoms with Crippen LogP contribution in [0.5, 0.6) is 0 Å². The lowest BCUT2D eigenvalue weighted by Crippen LogP contribution is -2.38. The summed E-state index contributed by atoms with van der Waals surface area (Å²) in [4.78, 5) is -0.719. The molecule has 4 N–H and O–H groups in total. The molecule has 0 aromatic heterocycles. The summed E-state index contributed by atoms with van der Waals surface area (Å²) in [6.45, 7) is 2.93. The minimum absolute atomic E-state index is 0.224. The van der Waals surface area contributed by atoms with Gasteiger partial charge in [0.15, 0.2) is 5.82 Å². The molecule has 5 nitrogen and oxygen atoms in total. The van der Waals surface area contributed by atoms with E-state index in [2.05, 4.69) is 4.72 Å². The summed E-state index contributed by atoms with van der Waals surface area (Å²) in [6.07, 6.45) is 0. The third-order valence-corrected chi connectivity index (χ3v) is 4.44. The van der Waals surface area contributed by atoms with Crippen LogP contribution in [0.3, 0.4) is 0 Å². The highest BCUT2D eigenvalue weighted by molar-refractivity contribution is 7.89. The zero-order chi connectivity index (χ0) is 14.8. The molecule has 1 aromatic rings. The standard InChI is InChI=1S/C11H16F2N2O3S/c1-6(5-16)7(2)15-19(17,18)9-4-3-8(12)11(14)10(9)13/h3-4,6-7,15-16H,5,14H2,1-2H3. The van der Waals surface area contributed by atoms with E-state index in [0.29, 0.717) is 0 Å². The number of sulfonamides is 1. The molecule has 0 aliphatic rings. The molecule has 108 valence electrons. The largest absolute Gasteiger partial charge is 0.396 e. The molecule has 0 bridgehead atoms. The lowest BCUT2D eigenvalue weighted by Gasteiger charge is -2.19. The van der Waals surface area contributed by atoms with Gasteiger partial charge in [0, 0.05) is 12.6 Å². The van der Waals surface area contributed by atoms with Crippen molar-refractivity contribution in [3.8, 4) is 0 Å². The lowest BCUT2D eigenvalue weighted by atomic mass is 10.1. The van der Waals surface area contributed by atoms with Crippen LogP contribution in [-0.2, 0) is 10.0 Å². The highest BCUT2D eigenvalue weighted by Crippen LogP contribution is 2.23. The molecule has 0 amide bonds. The Labute approximate surface area is 110 Å². The Hall–Kier alpha value is -1.25. The molecular weight excluding hydrogens is 278 g/mol. The quantitative estimate of drug-likeness (QED) is 0.702. The molecule has 0 aliphatic heterocycles. The van der Waals surface area contributed by atoms with Crippen LogP contribution in [-0.4, -0.2) is 26.2 Å². The van der Waals surface area contributed by atoms with Crippen molar-refractivity contribution in [2.24, 2.45) is 5.92 Å². The van der Waals surface area contributed by atoms with Gasteiger partial charge < -0.3 is 10.8 Å². The van der Waals surface area contributed by atoms with Crippen molar-refractivity contribution >= 4 is 15.7 Å². The minimum atomic E-state index is -4.17. The van der Waals surface area contributed by atoms with Crippen molar-refractivity contribution in [1.82, 2.24) is 4.72 Å². The van der Waals surface area contributed by atoms with Crippen molar-refractivity contribution in [3.63, 3.8) is 0 Å². The molecule has 0 radical (unpaired) electrons. The normalized spacial score (nSPS) is 15.2. The molecule has 8 heteroatoms. The predicted octanol–water partition coefficient (Wildman–Crippen LogP) is 0.842. The molecule has 1 aromatic carbocycles. The van der Waals surface area contributed by atoms with Gasteiger partial charge in [-0.3, -0.25) is 0 Å². The van der Waals surface area contributed by atoms with Gasteiger partial charge in [0.2, 0.25) is 10.0 Å². The van der Waals surface area contributed by atoms with Crippen LogP contribution in [0.15, 0.2) is 17.0 Å².